The molecular weight excluding hydrogens is 322 g/mol. The van der Waals surface area contributed by atoms with Crippen molar-refractivity contribution in [3.63, 3.8) is 0 Å². The van der Waals surface area contributed by atoms with E-state index in [1.807, 2.05) is 24.3 Å². The van der Waals surface area contributed by atoms with Gasteiger partial charge >= 0.3 is 0 Å². The monoisotopic (exact) mass is 353 g/mol. The van der Waals surface area contributed by atoms with Gasteiger partial charge in [-0.3, -0.25) is 0 Å². The van der Waals surface area contributed by atoms with E-state index in [0.29, 0.717) is 0 Å². The van der Waals surface area contributed by atoms with Crippen LogP contribution in [-0.2, 0) is 6.42 Å². The Morgan fingerprint density at radius 2 is 1.58 bits per heavy atom. The molecule has 0 amide bonds. The van der Waals surface area contributed by atoms with Gasteiger partial charge in [0.05, 0.1) is 13.7 Å². The lowest BCUT2D eigenvalue weighted by molar-refractivity contribution is 0.177. The van der Waals surface area contributed by atoms with E-state index in [4.69, 9.17) is 9.47 Å². The highest BCUT2D eigenvalue weighted by Gasteiger charge is 2.18. The van der Waals surface area contributed by atoms with Crippen molar-refractivity contribution in [1.82, 2.24) is 4.90 Å². The number of likely N-dealkylation sites (tertiary alicyclic amines) is 1. The van der Waals surface area contributed by atoms with Crippen LogP contribution in [0.25, 0.3) is 0 Å². The number of hydrogen-bond donors (Lipinski definition) is 0. The fourth-order valence-corrected chi connectivity index (χ4v) is 3.72. The van der Waals surface area contributed by atoms with Gasteiger partial charge in [-0.05, 0) is 75.4 Å². The van der Waals surface area contributed by atoms with E-state index < -0.39 is 0 Å². The maximum Gasteiger partial charge on any atom is 0.161 e. The minimum Gasteiger partial charge on any atom is -0.493 e. The van der Waals surface area contributed by atoms with Crippen LogP contribution in [0.15, 0.2) is 54.6 Å². The zero-order valence-electron chi connectivity index (χ0n) is 15.9. The van der Waals surface area contributed by atoms with Crippen molar-refractivity contribution >= 4 is 0 Å². The number of para-hydroxylation sites is 2. The number of piperidine rings is 1. The van der Waals surface area contributed by atoms with Gasteiger partial charge in [-0.1, -0.05) is 42.5 Å². The third-order valence-corrected chi connectivity index (χ3v) is 5.27. The predicted molar refractivity (Wildman–Crippen MR) is 107 cm³/mol. The maximum absolute atomic E-state index is 5.86. The Morgan fingerprint density at radius 3 is 2.31 bits per heavy atom. The van der Waals surface area contributed by atoms with Gasteiger partial charge < -0.3 is 14.4 Å². The van der Waals surface area contributed by atoms with Crippen molar-refractivity contribution in [2.45, 2.75) is 32.1 Å². The number of methoxy groups -OCH3 is 1. The molecule has 0 aromatic heterocycles. The van der Waals surface area contributed by atoms with Crippen LogP contribution in [0.1, 0.15) is 31.2 Å². The minimum atomic E-state index is 0.755. The molecule has 3 heteroatoms. The molecule has 0 N–H and O–H groups in total. The van der Waals surface area contributed by atoms with E-state index in [2.05, 4.69) is 35.2 Å². The molecule has 0 atom stereocenters. The van der Waals surface area contributed by atoms with Crippen LogP contribution in [0.5, 0.6) is 11.5 Å². The van der Waals surface area contributed by atoms with E-state index in [1.54, 1.807) is 7.11 Å². The Kier molecular flexibility index (Phi) is 7.38. The quantitative estimate of drug-likeness (QED) is 0.604. The molecule has 2 aromatic carbocycles. The van der Waals surface area contributed by atoms with Gasteiger partial charge in [0.15, 0.2) is 11.5 Å². The molecule has 0 aliphatic carbocycles. The number of nitrogens with zero attached hydrogens (tertiary/aromatic N) is 1. The Hall–Kier alpha value is -2.00. The number of hydrogen-bond acceptors (Lipinski definition) is 3. The first kappa shape index (κ1) is 18.8. The summed E-state index contributed by atoms with van der Waals surface area (Å²) in [6.07, 6.45) is 6.17. The highest BCUT2D eigenvalue weighted by atomic mass is 16.5. The van der Waals surface area contributed by atoms with Gasteiger partial charge in [0.25, 0.3) is 0 Å². The van der Waals surface area contributed by atoms with Crippen LogP contribution < -0.4 is 9.47 Å². The Morgan fingerprint density at radius 1 is 0.885 bits per heavy atom. The smallest absolute Gasteiger partial charge is 0.161 e. The highest BCUT2D eigenvalue weighted by molar-refractivity contribution is 5.39. The molecule has 0 spiro atoms. The summed E-state index contributed by atoms with van der Waals surface area (Å²) >= 11 is 0. The van der Waals surface area contributed by atoms with E-state index in [9.17, 15) is 0 Å². The van der Waals surface area contributed by atoms with Gasteiger partial charge in [-0.2, -0.15) is 0 Å². The van der Waals surface area contributed by atoms with Crippen LogP contribution in [0.2, 0.25) is 0 Å². The van der Waals surface area contributed by atoms with Crippen LogP contribution in [0.3, 0.4) is 0 Å². The molecule has 1 fully saturated rings. The zero-order valence-corrected chi connectivity index (χ0v) is 15.9. The number of unbranched alkanes of at least 4 members (excludes halogenated alkanes) is 1. The van der Waals surface area contributed by atoms with Gasteiger partial charge in [-0.15, -0.1) is 0 Å². The van der Waals surface area contributed by atoms with Gasteiger partial charge in [-0.25, -0.2) is 0 Å². The summed E-state index contributed by atoms with van der Waals surface area (Å²) < 4.78 is 11.2. The fraction of sp³-hybridized carbons (Fsp3) is 0.478. The molecule has 0 bridgehead atoms. The van der Waals surface area contributed by atoms with Gasteiger partial charge in [0, 0.05) is 0 Å². The largest absolute Gasteiger partial charge is 0.493 e. The average molecular weight is 354 g/mol. The molecule has 3 rings (SSSR count). The van der Waals surface area contributed by atoms with E-state index >= 15 is 0 Å². The lowest BCUT2D eigenvalue weighted by atomic mass is 9.90. The Bertz CT molecular complexity index is 636. The molecule has 0 saturated carbocycles. The molecule has 2 aromatic rings. The lowest BCUT2D eigenvalue weighted by Crippen LogP contribution is -2.35. The summed E-state index contributed by atoms with van der Waals surface area (Å²) in [5.74, 6) is 2.51. The molecule has 26 heavy (non-hydrogen) atoms. The van der Waals surface area contributed by atoms with Crippen molar-refractivity contribution in [2.24, 2.45) is 5.92 Å². The fourth-order valence-electron chi connectivity index (χ4n) is 3.72. The summed E-state index contributed by atoms with van der Waals surface area (Å²) in [5, 5.41) is 0. The van der Waals surface area contributed by atoms with Crippen molar-refractivity contribution in [1.29, 1.82) is 0 Å². The zero-order chi connectivity index (χ0) is 18.0. The first-order chi connectivity index (χ1) is 12.8. The summed E-state index contributed by atoms with van der Waals surface area (Å²) in [6, 6.07) is 18.8. The first-order valence-electron chi connectivity index (χ1n) is 9.87. The van der Waals surface area contributed by atoms with Crippen LogP contribution in [-0.4, -0.2) is 38.3 Å². The summed E-state index contributed by atoms with van der Waals surface area (Å²) in [5.41, 5.74) is 1.49. The molecule has 1 saturated heterocycles. The maximum atomic E-state index is 5.86. The predicted octanol–water partition coefficient (Wildman–Crippen LogP) is 4.81. The van der Waals surface area contributed by atoms with Crippen LogP contribution in [0.4, 0.5) is 0 Å². The molecule has 3 nitrogen and oxygen atoms in total. The van der Waals surface area contributed by atoms with Gasteiger partial charge in [0.2, 0.25) is 0 Å². The third kappa shape index (κ3) is 5.77. The topological polar surface area (TPSA) is 21.7 Å². The molecule has 0 radical (unpaired) electrons. The minimum absolute atomic E-state index is 0.755. The van der Waals surface area contributed by atoms with E-state index in [1.165, 1.54) is 50.9 Å². The Balaban J connectivity index is 1.28. The van der Waals surface area contributed by atoms with E-state index in [0.717, 1.165) is 30.4 Å². The first-order valence-corrected chi connectivity index (χ1v) is 9.87. The molecule has 140 valence electrons. The molecule has 1 heterocycles. The molecule has 0 unspecified atom stereocenters. The standard InChI is InChI=1S/C23H31NO2/c1-25-22-11-5-6-12-23(22)26-18-8-7-15-24-16-13-21(14-17-24)19-20-9-3-2-4-10-20/h2-6,9-12,21H,7-8,13-19H2,1H3. The average Bonchev–Trinajstić information content (AvgIpc) is 2.70. The molecule has 1 aliphatic rings. The summed E-state index contributed by atoms with van der Waals surface area (Å²) in [4.78, 5) is 2.62. The van der Waals surface area contributed by atoms with Crippen LogP contribution >= 0.6 is 0 Å². The lowest BCUT2D eigenvalue weighted by Gasteiger charge is -2.32. The van der Waals surface area contributed by atoms with E-state index in [-0.39, 0.29) is 0 Å². The molecule has 1 aliphatic heterocycles. The highest BCUT2D eigenvalue weighted by Crippen LogP contribution is 2.26. The summed E-state index contributed by atoms with van der Waals surface area (Å²) in [6.45, 7) is 4.42. The number of rotatable bonds is 9. The normalized spacial score (nSPS) is 15.7. The SMILES string of the molecule is COc1ccccc1OCCCCN1CCC(Cc2ccccc2)CC1. The van der Waals surface area contributed by atoms with Crippen molar-refractivity contribution in [3.05, 3.63) is 60.2 Å². The van der Waals surface area contributed by atoms with Crippen molar-refractivity contribution in [2.75, 3.05) is 33.4 Å². The van der Waals surface area contributed by atoms with Crippen LogP contribution in [0, 0.1) is 5.92 Å². The second-order valence-corrected chi connectivity index (χ2v) is 7.18. The van der Waals surface area contributed by atoms with Gasteiger partial charge in [0.1, 0.15) is 0 Å². The summed E-state index contributed by atoms with van der Waals surface area (Å²) in [7, 11) is 1.68. The second-order valence-electron chi connectivity index (χ2n) is 7.18. The second kappa shape index (κ2) is 10.2. The number of benzene rings is 2. The Labute approximate surface area is 157 Å². The van der Waals surface area contributed by atoms with Crippen molar-refractivity contribution in [3.8, 4) is 11.5 Å². The third-order valence-electron chi connectivity index (χ3n) is 5.27. The van der Waals surface area contributed by atoms with Crippen molar-refractivity contribution < 1.29 is 9.47 Å². The molecular formula is C23H31NO2. The number of ether oxygens (including phenoxy) is 2.